The smallest absolute Gasteiger partial charge is 0.252 e. The lowest BCUT2D eigenvalue weighted by Crippen LogP contribution is -2.40. The van der Waals surface area contributed by atoms with E-state index < -0.39 is 17.9 Å². The standard InChI is InChI=1S/C12H10N4O3/c17-10-4-9(12(19)15-10)14-11(18)6-2-1-3-8-7(6)5-13-16-8/h1-3,5,9H,4H2,(H,13,16)(H,14,18)(H,15,17,19). The first-order valence-electron chi connectivity index (χ1n) is 5.72. The number of hydrogen-bond acceptors (Lipinski definition) is 4. The third kappa shape index (κ3) is 1.95. The highest BCUT2D eigenvalue weighted by atomic mass is 16.2. The van der Waals surface area contributed by atoms with Gasteiger partial charge in [-0.05, 0) is 12.1 Å². The average molecular weight is 258 g/mol. The van der Waals surface area contributed by atoms with E-state index in [2.05, 4.69) is 20.8 Å². The molecule has 96 valence electrons. The minimum Gasteiger partial charge on any atom is -0.340 e. The zero-order chi connectivity index (χ0) is 13.4. The Bertz CT molecular complexity index is 691. The summed E-state index contributed by atoms with van der Waals surface area (Å²) in [5, 5.41) is 12.0. The molecule has 2 heterocycles. The Morgan fingerprint density at radius 3 is 2.95 bits per heavy atom. The summed E-state index contributed by atoms with van der Waals surface area (Å²) in [5.74, 6) is -1.25. The van der Waals surface area contributed by atoms with Gasteiger partial charge in [0.05, 0.1) is 23.7 Å². The third-order valence-corrected chi connectivity index (χ3v) is 3.00. The fourth-order valence-electron chi connectivity index (χ4n) is 2.07. The average Bonchev–Trinajstić information content (AvgIpc) is 2.95. The quantitative estimate of drug-likeness (QED) is 0.644. The Kier molecular flexibility index (Phi) is 2.52. The molecular weight excluding hydrogens is 248 g/mol. The molecule has 1 fully saturated rings. The number of aromatic nitrogens is 2. The van der Waals surface area contributed by atoms with Crippen molar-refractivity contribution in [2.24, 2.45) is 0 Å². The second-order valence-corrected chi connectivity index (χ2v) is 4.28. The number of carbonyl (C=O) groups is 3. The molecule has 0 radical (unpaired) electrons. The van der Waals surface area contributed by atoms with Gasteiger partial charge in [0, 0.05) is 5.39 Å². The van der Waals surface area contributed by atoms with Crippen molar-refractivity contribution in [3.8, 4) is 0 Å². The Hall–Kier alpha value is -2.70. The van der Waals surface area contributed by atoms with Gasteiger partial charge in [-0.2, -0.15) is 5.10 Å². The lowest BCUT2D eigenvalue weighted by molar-refractivity contribution is -0.125. The highest BCUT2D eigenvalue weighted by molar-refractivity contribution is 6.11. The summed E-state index contributed by atoms with van der Waals surface area (Å²) in [5.41, 5.74) is 1.15. The fraction of sp³-hybridized carbons (Fsp3) is 0.167. The lowest BCUT2D eigenvalue weighted by atomic mass is 10.1. The maximum absolute atomic E-state index is 12.1. The van der Waals surface area contributed by atoms with E-state index in [0.29, 0.717) is 10.9 Å². The Morgan fingerprint density at radius 1 is 1.37 bits per heavy atom. The maximum atomic E-state index is 12.1. The summed E-state index contributed by atoms with van der Waals surface area (Å²) >= 11 is 0. The van der Waals surface area contributed by atoms with Crippen molar-refractivity contribution < 1.29 is 14.4 Å². The van der Waals surface area contributed by atoms with Crippen molar-refractivity contribution >= 4 is 28.6 Å². The summed E-state index contributed by atoms with van der Waals surface area (Å²) in [6.07, 6.45) is 1.52. The second-order valence-electron chi connectivity index (χ2n) is 4.28. The van der Waals surface area contributed by atoms with Crippen LogP contribution in [0.25, 0.3) is 10.9 Å². The number of H-pyrrole nitrogens is 1. The number of benzene rings is 1. The van der Waals surface area contributed by atoms with Crippen LogP contribution in [0.2, 0.25) is 0 Å². The minimum atomic E-state index is -0.804. The molecule has 3 amide bonds. The minimum absolute atomic E-state index is 0.0219. The van der Waals surface area contributed by atoms with Gasteiger partial charge >= 0.3 is 0 Å². The van der Waals surface area contributed by atoms with E-state index in [1.165, 1.54) is 0 Å². The van der Waals surface area contributed by atoms with E-state index >= 15 is 0 Å². The molecule has 2 aromatic rings. The molecule has 7 nitrogen and oxygen atoms in total. The molecule has 0 spiro atoms. The van der Waals surface area contributed by atoms with Crippen molar-refractivity contribution in [1.82, 2.24) is 20.8 Å². The topological polar surface area (TPSA) is 104 Å². The number of carbonyl (C=O) groups excluding carboxylic acids is 3. The van der Waals surface area contributed by atoms with Gasteiger partial charge in [-0.25, -0.2) is 0 Å². The molecule has 3 N–H and O–H groups in total. The van der Waals surface area contributed by atoms with Crippen LogP contribution in [0.3, 0.4) is 0 Å². The summed E-state index contributed by atoms with van der Waals surface area (Å²) in [4.78, 5) is 34.6. The number of nitrogens with zero attached hydrogens (tertiary/aromatic N) is 1. The number of fused-ring (bicyclic) bond motifs is 1. The molecule has 7 heteroatoms. The molecule has 1 aromatic heterocycles. The van der Waals surface area contributed by atoms with Crippen LogP contribution in [0.4, 0.5) is 0 Å². The number of amides is 3. The molecule has 1 unspecified atom stereocenters. The highest BCUT2D eigenvalue weighted by Gasteiger charge is 2.32. The third-order valence-electron chi connectivity index (χ3n) is 3.00. The van der Waals surface area contributed by atoms with E-state index in [4.69, 9.17) is 0 Å². The zero-order valence-electron chi connectivity index (χ0n) is 9.77. The first-order chi connectivity index (χ1) is 9.15. The molecule has 1 aliphatic rings. The SMILES string of the molecule is O=C1CC(NC(=O)c2cccc3[nH]ncc23)C(=O)N1. The van der Waals surface area contributed by atoms with E-state index in [9.17, 15) is 14.4 Å². The molecule has 1 saturated heterocycles. The Labute approximate surface area is 107 Å². The van der Waals surface area contributed by atoms with Crippen molar-refractivity contribution in [1.29, 1.82) is 0 Å². The van der Waals surface area contributed by atoms with Crippen molar-refractivity contribution in [3.05, 3.63) is 30.0 Å². The molecule has 0 bridgehead atoms. The molecule has 0 aliphatic carbocycles. The molecule has 1 atom stereocenters. The van der Waals surface area contributed by atoms with Gasteiger partial charge in [0.15, 0.2) is 0 Å². The van der Waals surface area contributed by atoms with Crippen LogP contribution in [0.15, 0.2) is 24.4 Å². The predicted molar refractivity (Wildman–Crippen MR) is 65.1 cm³/mol. The van der Waals surface area contributed by atoms with Gasteiger partial charge in [0.1, 0.15) is 6.04 Å². The molecule has 19 heavy (non-hydrogen) atoms. The number of hydrogen-bond donors (Lipinski definition) is 3. The highest BCUT2D eigenvalue weighted by Crippen LogP contribution is 2.16. The van der Waals surface area contributed by atoms with Crippen molar-refractivity contribution in [2.45, 2.75) is 12.5 Å². The van der Waals surface area contributed by atoms with E-state index in [-0.39, 0.29) is 12.3 Å². The van der Waals surface area contributed by atoms with E-state index in [0.717, 1.165) is 5.52 Å². The summed E-state index contributed by atoms with van der Waals surface area (Å²) in [6.45, 7) is 0. The van der Waals surface area contributed by atoms with E-state index in [1.54, 1.807) is 24.4 Å². The number of imide groups is 1. The van der Waals surface area contributed by atoms with Crippen LogP contribution in [0.5, 0.6) is 0 Å². The molecule has 1 aromatic carbocycles. The van der Waals surface area contributed by atoms with Crippen molar-refractivity contribution in [3.63, 3.8) is 0 Å². The largest absolute Gasteiger partial charge is 0.340 e. The van der Waals surface area contributed by atoms with Crippen LogP contribution in [0, 0.1) is 0 Å². The molecule has 3 rings (SSSR count). The predicted octanol–water partition coefficient (Wildman–Crippen LogP) is -0.292. The zero-order valence-corrected chi connectivity index (χ0v) is 9.77. The first kappa shape index (κ1) is 11.4. The van der Waals surface area contributed by atoms with Gasteiger partial charge < -0.3 is 5.32 Å². The first-order valence-corrected chi connectivity index (χ1v) is 5.72. The van der Waals surface area contributed by atoms with Gasteiger partial charge in [-0.3, -0.25) is 24.8 Å². The van der Waals surface area contributed by atoms with Gasteiger partial charge in [0.25, 0.3) is 5.91 Å². The molecule has 0 saturated carbocycles. The lowest BCUT2D eigenvalue weighted by Gasteiger charge is -2.09. The van der Waals surface area contributed by atoms with Gasteiger partial charge in [-0.15, -0.1) is 0 Å². The van der Waals surface area contributed by atoms with Crippen LogP contribution < -0.4 is 10.6 Å². The summed E-state index contributed by atoms with van der Waals surface area (Å²) in [6, 6.07) is 4.35. The van der Waals surface area contributed by atoms with Gasteiger partial charge in [-0.1, -0.05) is 6.07 Å². The van der Waals surface area contributed by atoms with Crippen LogP contribution in [-0.4, -0.2) is 34.0 Å². The number of rotatable bonds is 2. The number of nitrogens with one attached hydrogen (secondary N) is 3. The summed E-state index contributed by atoms with van der Waals surface area (Å²) < 4.78 is 0. The normalized spacial score (nSPS) is 18.6. The fourth-order valence-corrected chi connectivity index (χ4v) is 2.07. The molecule has 1 aliphatic heterocycles. The van der Waals surface area contributed by atoms with Crippen LogP contribution in [0.1, 0.15) is 16.8 Å². The Morgan fingerprint density at radius 2 is 2.21 bits per heavy atom. The second kappa shape index (κ2) is 4.20. The Balaban J connectivity index is 1.86. The summed E-state index contributed by atoms with van der Waals surface area (Å²) in [7, 11) is 0. The van der Waals surface area contributed by atoms with Crippen LogP contribution >= 0.6 is 0 Å². The van der Waals surface area contributed by atoms with Crippen molar-refractivity contribution in [2.75, 3.05) is 0 Å². The van der Waals surface area contributed by atoms with Gasteiger partial charge in [0.2, 0.25) is 11.8 Å². The van der Waals surface area contributed by atoms with Crippen LogP contribution in [-0.2, 0) is 9.59 Å². The monoisotopic (exact) mass is 258 g/mol. The van der Waals surface area contributed by atoms with E-state index in [1.807, 2.05) is 0 Å². The maximum Gasteiger partial charge on any atom is 0.252 e. The molecular formula is C12H10N4O3. The number of aromatic amines is 1.